The summed E-state index contributed by atoms with van der Waals surface area (Å²) in [7, 11) is 0. The van der Waals surface area contributed by atoms with Crippen molar-refractivity contribution in [2.75, 3.05) is 13.1 Å². The molecule has 0 amide bonds. The summed E-state index contributed by atoms with van der Waals surface area (Å²) in [6, 6.07) is 4.07. The quantitative estimate of drug-likeness (QED) is 0.911. The minimum Gasteiger partial charge on any atom is -0.309 e. The molecule has 2 nitrogen and oxygen atoms in total. The average molecular weight is 282 g/mol. The Morgan fingerprint density at radius 2 is 2.10 bits per heavy atom. The van der Waals surface area contributed by atoms with Crippen molar-refractivity contribution in [3.63, 3.8) is 0 Å². The topological polar surface area (TPSA) is 15.3 Å². The van der Waals surface area contributed by atoms with Crippen molar-refractivity contribution in [1.82, 2.24) is 10.2 Å². The summed E-state index contributed by atoms with van der Waals surface area (Å²) in [6.07, 6.45) is 2.02. The highest BCUT2D eigenvalue weighted by atomic mass is 19.1. The van der Waals surface area contributed by atoms with Crippen LogP contribution in [0.1, 0.15) is 39.2 Å². The lowest BCUT2D eigenvalue weighted by atomic mass is 9.92. The zero-order chi connectivity index (χ0) is 14.8. The van der Waals surface area contributed by atoms with Gasteiger partial charge in [-0.2, -0.15) is 0 Å². The Morgan fingerprint density at radius 1 is 1.35 bits per heavy atom. The molecule has 112 valence electrons. The van der Waals surface area contributed by atoms with Gasteiger partial charge in [0.1, 0.15) is 11.6 Å². The highest BCUT2D eigenvalue weighted by molar-refractivity contribution is 5.19. The van der Waals surface area contributed by atoms with Crippen LogP contribution in [0.25, 0.3) is 0 Å². The molecule has 1 aliphatic rings. The van der Waals surface area contributed by atoms with Crippen LogP contribution in [0.3, 0.4) is 0 Å². The fourth-order valence-corrected chi connectivity index (χ4v) is 2.83. The first-order valence-electron chi connectivity index (χ1n) is 7.40. The molecule has 2 rings (SSSR count). The monoisotopic (exact) mass is 282 g/mol. The largest absolute Gasteiger partial charge is 0.309 e. The van der Waals surface area contributed by atoms with Gasteiger partial charge in [0.05, 0.1) is 0 Å². The zero-order valence-corrected chi connectivity index (χ0v) is 12.5. The number of rotatable bonds is 4. The number of hydrogen-bond donors (Lipinski definition) is 1. The summed E-state index contributed by atoms with van der Waals surface area (Å²) >= 11 is 0. The minimum atomic E-state index is -0.372. The second-order valence-corrected chi connectivity index (χ2v) is 6.00. The summed E-state index contributed by atoms with van der Waals surface area (Å²) in [6.45, 7) is 8.71. The first kappa shape index (κ1) is 15.4. The zero-order valence-electron chi connectivity index (χ0n) is 12.5. The molecule has 2 atom stereocenters. The molecule has 1 N–H and O–H groups in total. The van der Waals surface area contributed by atoms with Crippen molar-refractivity contribution in [1.29, 1.82) is 0 Å². The number of nitrogens with zero attached hydrogens (tertiary/aromatic N) is 1. The Balaban J connectivity index is 2.17. The SMILES string of the molecule is CCC1CNC(C)(CC)CN1Cc1cc(F)ccc1F. The third-order valence-electron chi connectivity index (χ3n) is 4.47. The predicted octanol–water partition coefficient (Wildman–Crippen LogP) is 3.32. The van der Waals surface area contributed by atoms with E-state index in [1.807, 2.05) is 0 Å². The molecule has 0 bridgehead atoms. The van der Waals surface area contributed by atoms with Crippen molar-refractivity contribution >= 4 is 0 Å². The molecule has 1 heterocycles. The van der Waals surface area contributed by atoms with Gasteiger partial charge in [-0.3, -0.25) is 4.90 Å². The molecule has 1 aromatic rings. The smallest absolute Gasteiger partial charge is 0.127 e. The summed E-state index contributed by atoms with van der Waals surface area (Å²) in [5.41, 5.74) is 0.499. The third kappa shape index (κ3) is 3.36. The summed E-state index contributed by atoms with van der Waals surface area (Å²) < 4.78 is 27.1. The number of piperazine rings is 1. The molecule has 1 saturated heterocycles. The molecule has 0 aliphatic carbocycles. The van der Waals surface area contributed by atoms with Gasteiger partial charge >= 0.3 is 0 Å². The molecule has 0 spiro atoms. The summed E-state index contributed by atoms with van der Waals surface area (Å²) in [5.74, 6) is -0.694. The Morgan fingerprint density at radius 3 is 2.75 bits per heavy atom. The van der Waals surface area contributed by atoms with Crippen LogP contribution in [0.15, 0.2) is 18.2 Å². The second kappa shape index (κ2) is 6.19. The van der Waals surface area contributed by atoms with Crippen molar-refractivity contribution in [2.45, 2.75) is 51.7 Å². The molecular weight excluding hydrogens is 258 g/mol. The fourth-order valence-electron chi connectivity index (χ4n) is 2.83. The van der Waals surface area contributed by atoms with E-state index in [0.717, 1.165) is 25.9 Å². The Labute approximate surface area is 120 Å². The Hall–Kier alpha value is -1.00. The van der Waals surface area contributed by atoms with Gasteiger partial charge < -0.3 is 5.32 Å². The predicted molar refractivity (Wildman–Crippen MR) is 77.5 cm³/mol. The number of halogens is 2. The van der Waals surface area contributed by atoms with Crippen LogP contribution in [0, 0.1) is 11.6 Å². The molecule has 20 heavy (non-hydrogen) atoms. The first-order chi connectivity index (χ1) is 9.47. The van der Waals surface area contributed by atoms with E-state index in [4.69, 9.17) is 0 Å². The first-order valence-corrected chi connectivity index (χ1v) is 7.40. The van der Waals surface area contributed by atoms with Crippen molar-refractivity contribution < 1.29 is 8.78 Å². The van der Waals surface area contributed by atoms with Gasteiger partial charge in [0.2, 0.25) is 0 Å². The molecular formula is C16H24F2N2. The van der Waals surface area contributed by atoms with Gasteiger partial charge in [0.15, 0.2) is 0 Å². The van der Waals surface area contributed by atoms with Gasteiger partial charge in [-0.05, 0) is 38.0 Å². The maximum absolute atomic E-state index is 13.8. The highest BCUT2D eigenvalue weighted by Gasteiger charge is 2.33. The van der Waals surface area contributed by atoms with E-state index in [0.29, 0.717) is 18.2 Å². The van der Waals surface area contributed by atoms with Crippen LogP contribution in [-0.2, 0) is 6.54 Å². The molecule has 0 radical (unpaired) electrons. The minimum absolute atomic E-state index is 0.0511. The third-order valence-corrected chi connectivity index (χ3v) is 4.47. The standard InChI is InChI=1S/C16H24F2N2/c1-4-14-9-19-16(3,5-2)11-20(14)10-12-8-13(17)6-7-15(12)18/h6-8,14,19H,4-5,9-11H2,1-3H3. The van der Waals surface area contributed by atoms with Crippen molar-refractivity contribution in [3.05, 3.63) is 35.4 Å². The van der Waals surface area contributed by atoms with E-state index in [1.165, 1.54) is 18.2 Å². The average Bonchev–Trinajstić information content (AvgIpc) is 2.43. The lowest BCUT2D eigenvalue weighted by Gasteiger charge is -2.46. The maximum atomic E-state index is 13.8. The van der Waals surface area contributed by atoms with Gasteiger partial charge in [0.25, 0.3) is 0 Å². The molecule has 1 aromatic carbocycles. The maximum Gasteiger partial charge on any atom is 0.127 e. The molecule has 4 heteroatoms. The van der Waals surface area contributed by atoms with E-state index in [1.54, 1.807) is 0 Å². The van der Waals surface area contributed by atoms with Crippen LogP contribution in [-0.4, -0.2) is 29.6 Å². The van der Waals surface area contributed by atoms with Crippen molar-refractivity contribution in [2.24, 2.45) is 0 Å². The normalized spacial score (nSPS) is 27.8. The lowest BCUT2D eigenvalue weighted by molar-refractivity contribution is 0.0744. The number of benzene rings is 1. The number of nitrogens with one attached hydrogen (secondary N) is 1. The van der Waals surface area contributed by atoms with Gasteiger partial charge in [0, 0.05) is 36.8 Å². The molecule has 1 fully saturated rings. The van der Waals surface area contributed by atoms with Crippen LogP contribution in [0.4, 0.5) is 8.78 Å². The van der Waals surface area contributed by atoms with Gasteiger partial charge in [-0.1, -0.05) is 13.8 Å². The summed E-state index contributed by atoms with van der Waals surface area (Å²) in [5, 5.41) is 3.58. The molecule has 0 saturated carbocycles. The van der Waals surface area contributed by atoms with Crippen molar-refractivity contribution in [3.8, 4) is 0 Å². The lowest BCUT2D eigenvalue weighted by Crippen LogP contribution is -2.62. The number of hydrogen-bond acceptors (Lipinski definition) is 2. The van der Waals surface area contributed by atoms with E-state index < -0.39 is 0 Å². The van der Waals surface area contributed by atoms with Gasteiger partial charge in [-0.15, -0.1) is 0 Å². The van der Waals surface area contributed by atoms with Crippen LogP contribution >= 0.6 is 0 Å². The van der Waals surface area contributed by atoms with E-state index in [2.05, 4.69) is 31.0 Å². The van der Waals surface area contributed by atoms with Gasteiger partial charge in [-0.25, -0.2) is 8.78 Å². The van der Waals surface area contributed by atoms with E-state index in [9.17, 15) is 8.78 Å². The summed E-state index contributed by atoms with van der Waals surface area (Å²) in [4.78, 5) is 2.28. The Bertz CT molecular complexity index is 464. The molecule has 1 aliphatic heterocycles. The highest BCUT2D eigenvalue weighted by Crippen LogP contribution is 2.23. The van der Waals surface area contributed by atoms with Crippen LogP contribution in [0.2, 0.25) is 0 Å². The fraction of sp³-hybridized carbons (Fsp3) is 0.625. The Kier molecular flexibility index (Phi) is 4.76. The molecule has 2 unspecified atom stereocenters. The van der Waals surface area contributed by atoms with Crippen LogP contribution in [0.5, 0.6) is 0 Å². The van der Waals surface area contributed by atoms with E-state index >= 15 is 0 Å². The molecule has 0 aromatic heterocycles. The van der Waals surface area contributed by atoms with E-state index in [-0.39, 0.29) is 17.2 Å². The second-order valence-electron chi connectivity index (χ2n) is 6.00. The van der Waals surface area contributed by atoms with Crippen LogP contribution < -0.4 is 5.32 Å².